The predicted octanol–water partition coefficient (Wildman–Crippen LogP) is 6.50. The van der Waals surface area contributed by atoms with Crippen LogP contribution in [0.4, 0.5) is 5.69 Å². The van der Waals surface area contributed by atoms with Crippen LogP contribution in [0.25, 0.3) is 11.1 Å². The number of carbonyl (C=O) groups is 1. The van der Waals surface area contributed by atoms with Gasteiger partial charge >= 0.3 is 5.97 Å². The second-order valence-corrected chi connectivity index (χ2v) is 9.22. The zero-order valence-corrected chi connectivity index (χ0v) is 20.9. The Morgan fingerprint density at radius 1 is 1.06 bits per heavy atom. The minimum Gasteiger partial charge on any atom is -0.491 e. The number of anilines is 1. The molecule has 3 aromatic rings. The normalized spacial score (nSPS) is 14.8. The van der Waals surface area contributed by atoms with Crippen LogP contribution >= 0.6 is 0 Å². The Labute approximate surface area is 208 Å². The van der Waals surface area contributed by atoms with Crippen molar-refractivity contribution in [2.75, 3.05) is 25.1 Å². The Morgan fingerprint density at radius 2 is 1.86 bits per heavy atom. The van der Waals surface area contributed by atoms with Crippen molar-refractivity contribution < 1.29 is 19.4 Å². The molecule has 0 amide bonds. The lowest BCUT2D eigenvalue weighted by Gasteiger charge is -2.28. The van der Waals surface area contributed by atoms with Gasteiger partial charge in [-0.05, 0) is 103 Å². The molecule has 1 unspecified atom stereocenters. The van der Waals surface area contributed by atoms with Gasteiger partial charge in [-0.2, -0.15) is 0 Å². The van der Waals surface area contributed by atoms with Crippen molar-refractivity contribution in [1.82, 2.24) is 0 Å². The number of nitrogens with one attached hydrogen (secondary N) is 1. The Bertz CT molecular complexity index is 1160. The maximum Gasteiger partial charge on any atom is 0.303 e. The van der Waals surface area contributed by atoms with E-state index in [9.17, 15) is 4.79 Å². The third kappa shape index (κ3) is 6.23. The number of carboxylic acids is 1. The molecule has 3 aromatic carbocycles. The molecule has 0 spiro atoms. The van der Waals surface area contributed by atoms with E-state index in [0.29, 0.717) is 26.2 Å². The highest BCUT2D eigenvalue weighted by Gasteiger charge is 2.20. The van der Waals surface area contributed by atoms with Crippen LogP contribution in [0, 0.1) is 13.8 Å². The quantitative estimate of drug-likeness (QED) is 0.329. The number of aryl methyl sites for hydroxylation is 4. The molecule has 4 rings (SSSR count). The monoisotopic (exact) mass is 473 g/mol. The highest BCUT2D eigenvalue weighted by atomic mass is 16.5. The second-order valence-electron chi connectivity index (χ2n) is 9.22. The van der Waals surface area contributed by atoms with Crippen LogP contribution in [0.2, 0.25) is 0 Å². The van der Waals surface area contributed by atoms with Crippen molar-refractivity contribution in [3.8, 4) is 16.9 Å². The molecule has 1 heterocycles. The first-order valence-corrected chi connectivity index (χ1v) is 12.5. The van der Waals surface area contributed by atoms with Gasteiger partial charge in [0, 0.05) is 18.7 Å². The highest BCUT2D eigenvalue weighted by Crippen LogP contribution is 2.36. The summed E-state index contributed by atoms with van der Waals surface area (Å²) in [4.78, 5) is 10.9. The van der Waals surface area contributed by atoms with Crippen molar-refractivity contribution >= 4 is 11.7 Å². The summed E-state index contributed by atoms with van der Waals surface area (Å²) in [5.41, 5.74) is 9.65. The summed E-state index contributed by atoms with van der Waals surface area (Å²) < 4.78 is 11.3. The van der Waals surface area contributed by atoms with Gasteiger partial charge in [0.1, 0.15) is 12.4 Å². The van der Waals surface area contributed by atoms with Crippen molar-refractivity contribution in [2.24, 2.45) is 0 Å². The minimum atomic E-state index is -0.755. The van der Waals surface area contributed by atoms with Crippen molar-refractivity contribution in [2.45, 2.75) is 52.5 Å². The molecule has 0 bridgehead atoms. The fourth-order valence-corrected chi connectivity index (χ4v) is 4.95. The number of rotatable bonds is 10. The molecule has 0 saturated heterocycles. The molecule has 1 aliphatic rings. The van der Waals surface area contributed by atoms with Crippen LogP contribution < -0.4 is 10.1 Å². The SMILES string of the molecule is CCOCCOc1cc(C)c(-c2cccc(C3CCc4cc(CCC(=O)O)ccc4N3)c2)c(C)c1. The van der Waals surface area contributed by atoms with Gasteiger partial charge < -0.3 is 19.9 Å². The van der Waals surface area contributed by atoms with Gasteiger partial charge in [0.15, 0.2) is 0 Å². The molecule has 5 nitrogen and oxygen atoms in total. The van der Waals surface area contributed by atoms with Gasteiger partial charge in [0.25, 0.3) is 0 Å². The Kier molecular flexibility index (Phi) is 8.09. The number of hydrogen-bond acceptors (Lipinski definition) is 4. The lowest BCUT2D eigenvalue weighted by molar-refractivity contribution is -0.136. The summed E-state index contributed by atoms with van der Waals surface area (Å²) >= 11 is 0. The molecule has 0 fully saturated rings. The first-order chi connectivity index (χ1) is 16.9. The Morgan fingerprint density at radius 3 is 2.60 bits per heavy atom. The predicted molar refractivity (Wildman–Crippen MR) is 140 cm³/mol. The molecule has 5 heteroatoms. The van der Waals surface area contributed by atoms with E-state index in [2.05, 4.69) is 67.7 Å². The van der Waals surface area contributed by atoms with Gasteiger partial charge in [-0.25, -0.2) is 0 Å². The first-order valence-electron chi connectivity index (χ1n) is 12.5. The summed E-state index contributed by atoms with van der Waals surface area (Å²) in [5.74, 6) is 0.128. The fraction of sp³-hybridized carbons (Fsp3) is 0.367. The molecule has 184 valence electrons. The summed E-state index contributed by atoms with van der Waals surface area (Å²) in [5, 5.41) is 12.7. The van der Waals surface area contributed by atoms with E-state index in [4.69, 9.17) is 14.6 Å². The smallest absolute Gasteiger partial charge is 0.303 e. The van der Waals surface area contributed by atoms with E-state index in [1.165, 1.54) is 33.4 Å². The average Bonchev–Trinajstić information content (AvgIpc) is 2.85. The summed E-state index contributed by atoms with van der Waals surface area (Å²) in [6.07, 6.45) is 2.72. The zero-order chi connectivity index (χ0) is 24.8. The van der Waals surface area contributed by atoms with E-state index in [0.717, 1.165) is 29.8 Å². The topological polar surface area (TPSA) is 67.8 Å². The van der Waals surface area contributed by atoms with Gasteiger partial charge in [-0.3, -0.25) is 4.79 Å². The van der Waals surface area contributed by atoms with Gasteiger partial charge in [0.05, 0.1) is 12.6 Å². The van der Waals surface area contributed by atoms with E-state index in [1.807, 2.05) is 13.0 Å². The van der Waals surface area contributed by atoms with Crippen LogP contribution in [0.5, 0.6) is 5.75 Å². The highest BCUT2D eigenvalue weighted by molar-refractivity contribution is 5.73. The van der Waals surface area contributed by atoms with E-state index in [-0.39, 0.29) is 12.5 Å². The Hall–Kier alpha value is -3.31. The van der Waals surface area contributed by atoms with Crippen molar-refractivity contribution in [3.05, 3.63) is 82.4 Å². The Balaban J connectivity index is 1.49. The molecule has 1 aliphatic heterocycles. The minimum absolute atomic E-state index is 0.168. The zero-order valence-electron chi connectivity index (χ0n) is 20.9. The fourth-order valence-electron chi connectivity index (χ4n) is 4.95. The number of aliphatic carboxylic acids is 1. The van der Waals surface area contributed by atoms with Crippen molar-refractivity contribution in [1.29, 1.82) is 0 Å². The average molecular weight is 474 g/mol. The van der Waals surface area contributed by atoms with Crippen LogP contribution in [-0.4, -0.2) is 30.9 Å². The van der Waals surface area contributed by atoms with E-state index in [1.54, 1.807) is 0 Å². The largest absolute Gasteiger partial charge is 0.491 e. The summed E-state index contributed by atoms with van der Waals surface area (Å²) in [7, 11) is 0. The molecule has 0 aromatic heterocycles. The number of hydrogen-bond donors (Lipinski definition) is 2. The molecular weight excluding hydrogens is 438 g/mol. The molecule has 2 N–H and O–H groups in total. The maximum absolute atomic E-state index is 10.9. The van der Waals surface area contributed by atoms with Crippen molar-refractivity contribution in [3.63, 3.8) is 0 Å². The third-order valence-electron chi connectivity index (χ3n) is 6.61. The standard InChI is InChI=1S/C30H35NO4/c1-4-34-14-15-35-26-16-20(2)30(21(3)17-26)25-7-5-6-23(19-25)28-12-10-24-18-22(9-13-29(32)33)8-11-27(24)31-28/h5-8,11,16-19,28,31H,4,9-10,12-15H2,1-3H3,(H,32,33). The van der Waals surface area contributed by atoms with E-state index < -0.39 is 5.97 Å². The molecule has 0 saturated carbocycles. The third-order valence-corrected chi connectivity index (χ3v) is 6.61. The summed E-state index contributed by atoms with van der Waals surface area (Å²) in [6, 6.07) is 19.6. The number of fused-ring (bicyclic) bond motifs is 1. The molecule has 0 radical (unpaired) electrons. The van der Waals surface area contributed by atoms with Gasteiger partial charge in [-0.1, -0.05) is 30.3 Å². The van der Waals surface area contributed by atoms with Crippen LogP contribution in [0.1, 0.15) is 53.6 Å². The van der Waals surface area contributed by atoms with E-state index >= 15 is 0 Å². The number of benzene rings is 3. The molecular formula is C30H35NO4. The first kappa shape index (κ1) is 24.8. The lowest BCUT2D eigenvalue weighted by atomic mass is 9.89. The van der Waals surface area contributed by atoms with Crippen LogP contribution in [0.15, 0.2) is 54.6 Å². The molecule has 1 atom stereocenters. The van der Waals surface area contributed by atoms with Gasteiger partial charge in [0.2, 0.25) is 0 Å². The maximum atomic E-state index is 10.9. The number of ether oxygens (including phenoxy) is 2. The van der Waals surface area contributed by atoms with Gasteiger partial charge in [-0.15, -0.1) is 0 Å². The van der Waals surface area contributed by atoms with Crippen LogP contribution in [-0.2, 0) is 22.4 Å². The molecule has 0 aliphatic carbocycles. The van der Waals surface area contributed by atoms with Crippen LogP contribution in [0.3, 0.4) is 0 Å². The second kappa shape index (κ2) is 11.4. The lowest BCUT2D eigenvalue weighted by Crippen LogP contribution is -2.18. The number of carboxylic acid groups (broad SMARTS) is 1. The molecule has 35 heavy (non-hydrogen) atoms. The summed E-state index contributed by atoms with van der Waals surface area (Å²) in [6.45, 7) is 8.12.